The maximum absolute atomic E-state index is 12.1. The van der Waals surface area contributed by atoms with Crippen molar-refractivity contribution in [3.63, 3.8) is 0 Å². The Bertz CT molecular complexity index is 1080. The van der Waals surface area contributed by atoms with Crippen LogP contribution >= 0.6 is 0 Å². The molecule has 2 aromatic carbocycles. The van der Waals surface area contributed by atoms with Crippen molar-refractivity contribution in [2.75, 3.05) is 25.6 Å². The highest BCUT2D eigenvalue weighted by Gasteiger charge is 2.13. The molecule has 0 atom stereocenters. The Kier molecular flexibility index (Phi) is 6.21. The van der Waals surface area contributed by atoms with Crippen molar-refractivity contribution in [1.29, 1.82) is 0 Å². The van der Waals surface area contributed by atoms with E-state index in [2.05, 4.69) is 22.2 Å². The predicted molar refractivity (Wildman–Crippen MR) is 112 cm³/mol. The van der Waals surface area contributed by atoms with Crippen molar-refractivity contribution in [3.05, 3.63) is 66.9 Å². The second-order valence-corrected chi connectivity index (χ2v) is 6.16. The molecule has 7 heteroatoms. The van der Waals surface area contributed by atoms with E-state index >= 15 is 0 Å². The second kappa shape index (κ2) is 8.99. The number of hydrogen-bond donors (Lipinski definition) is 3. The molecule has 0 bridgehead atoms. The van der Waals surface area contributed by atoms with Crippen LogP contribution in [0.4, 0.5) is 5.69 Å². The molecular formula is C22H21N3O4. The van der Waals surface area contributed by atoms with E-state index in [4.69, 9.17) is 9.84 Å². The molecule has 3 N–H and O–H groups in total. The molecule has 0 saturated heterocycles. The fraction of sp³-hybridized carbons (Fsp3) is 0.136. The summed E-state index contributed by atoms with van der Waals surface area (Å²) in [5, 5.41) is 15.9. The number of carbonyl (C=O) groups excluding carboxylic acids is 2. The average Bonchev–Trinajstić information content (AvgIpc) is 2.77. The number of aromatic nitrogens is 1. The zero-order chi connectivity index (χ0) is 20.8. The van der Waals surface area contributed by atoms with Crippen molar-refractivity contribution in [1.82, 2.24) is 10.3 Å². The highest BCUT2D eigenvalue weighted by atomic mass is 16.5. The number of methoxy groups -OCH3 is 1. The Hall–Kier alpha value is -3.71. The first-order valence-electron chi connectivity index (χ1n) is 8.98. The van der Waals surface area contributed by atoms with Crippen molar-refractivity contribution in [3.8, 4) is 17.0 Å². The van der Waals surface area contributed by atoms with Crippen LogP contribution in [0.1, 0.15) is 10.5 Å². The van der Waals surface area contributed by atoms with E-state index in [9.17, 15) is 9.59 Å². The summed E-state index contributed by atoms with van der Waals surface area (Å²) in [7, 11) is 1.53. The normalized spacial score (nSPS) is 10.4. The molecule has 0 unspecified atom stereocenters. The van der Waals surface area contributed by atoms with Crippen LogP contribution in [0, 0.1) is 0 Å². The summed E-state index contributed by atoms with van der Waals surface area (Å²) in [5.41, 5.74) is 2.17. The third-order valence-corrected chi connectivity index (χ3v) is 4.31. The number of ether oxygens (including phenoxy) is 1. The number of carbonyl (C=O) groups is 2. The summed E-state index contributed by atoms with van der Waals surface area (Å²) in [6, 6.07) is 14.5. The molecule has 3 rings (SSSR count). The zero-order valence-electron chi connectivity index (χ0n) is 15.9. The van der Waals surface area contributed by atoms with Crippen molar-refractivity contribution in [2.24, 2.45) is 0 Å². The lowest BCUT2D eigenvalue weighted by molar-refractivity contribution is -0.111. The first-order chi connectivity index (χ1) is 14.1. The number of nitrogens with zero attached hydrogens (tertiary/aromatic N) is 1. The fourth-order valence-electron chi connectivity index (χ4n) is 2.91. The summed E-state index contributed by atoms with van der Waals surface area (Å²) in [4.78, 5) is 28.5. The molecule has 0 fully saturated rings. The molecule has 7 nitrogen and oxygen atoms in total. The Morgan fingerprint density at radius 3 is 2.72 bits per heavy atom. The van der Waals surface area contributed by atoms with Crippen LogP contribution < -0.4 is 15.4 Å². The molecule has 1 heterocycles. The fourth-order valence-corrected chi connectivity index (χ4v) is 2.91. The number of amides is 2. The second-order valence-electron chi connectivity index (χ2n) is 6.16. The molecule has 2 amide bonds. The first kappa shape index (κ1) is 20.0. The van der Waals surface area contributed by atoms with Gasteiger partial charge in [0.15, 0.2) is 0 Å². The summed E-state index contributed by atoms with van der Waals surface area (Å²) >= 11 is 0. The molecule has 0 saturated carbocycles. The molecule has 0 aliphatic rings. The number of aliphatic hydroxyl groups excluding tert-OH is 1. The van der Waals surface area contributed by atoms with E-state index in [1.54, 1.807) is 24.3 Å². The van der Waals surface area contributed by atoms with E-state index in [1.165, 1.54) is 13.2 Å². The molecule has 0 aliphatic carbocycles. The van der Waals surface area contributed by atoms with E-state index in [0.29, 0.717) is 17.1 Å². The van der Waals surface area contributed by atoms with Gasteiger partial charge in [-0.2, -0.15) is 0 Å². The Morgan fingerprint density at radius 2 is 2.00 bits per heavy atom. The van der Waals surface area contributed by atoms with E-state index in [0.717, 1.165) is 16.3 Å². The highest BCUT2D eigenvalue weighted by molar-refractivity contribution is 6.08. The SMILES string of the molecule is C=CC(=O)Nc1c(OC)ccc2ccc(-c3cccc(C(=O)NCCO)n3)cc12. The number of nitrogens with one attached hydrogen (secondary N) is 2. The largest absolute Gasteiger partial charge is 0.495 e. The molecule has 148 valence electrons. The summed E-state index contributed by atoms with van der Waals surface area (Å²) in [5.74, 6) is -0.181. The van der Waals surface area contributed by atoms with Gasteiger partial charge in [-0.25, -0.2) is 4.98 Å². The standard InChI is InChI=1S/C22H21N3O4/c1-3-20(27)25-21-16-13-15(8-7-14(16)9-10-19(21)29-2)17-5-4-6-18(24-17)22(28)23-11-12-26/h3-10,13,26H,1,11-12H2,2H3,(H,23,28)(H,25,27). The van der Waals surface area contributed by atoms with Gasteiger partial charge in [0.1, 0.15) is 11.4 Å². The number of anilines is 1. The molecule has 0 spiro atoms. The van der Waals surface area contributed by atoms with Gasteiger partial charge < -0.3 is 20.5 Å². The summed E-state index contributed by atoms with van der Waals surface area (Å²) in [6.07, 6.45) is 1.19. The summed E-state index contributed by atoms with van der Waals surface area (Å²) in [6.45, 7) is 3.51. The van der Waals surface area contributed by atoms with Crippen LogP contribution in [0.25, 0.3) is 22.0 Å². The third-order valence-electron chi connectivity index (χ3n) is 4.31. The highest BCUT2D eigenvalue weighted by Crippen LogP contribution is 2.35. The molecule has 1 aromatic heterocycles. The van der Waals surface area contributed by atoms with Crippen LogP contribution in [-0.4, -0.2) is 42.2 Å². The lowest BCUT2D eigenvalue weighted by Crippen LogP contribution is -2.27. The number of benzene rings is 2. The summed E-state index contributed by atoms with van der Waals surface area (Å²) < 4.78 is 5.39. The lowest BCUT2D eigenvalue weighted by atomic mass is 10.0. The maximum atomic E-state index is 12.1. The van der Waals surface area contributed by atoms with E-state index < -0.39 is 0 Å². The van der Waals surface area contributed by atoms with Crippen molar-refractivity contribution >= 4 is 28.3 Å². The minimum absolute atomic E-state index is 0.142. The Labute approximate surface area is 168 Å². The van der Waals surface area contributed by atoms with E-state index in [1.807, 2.05) is 24.3 Å². The van der Waals surface area contributed by atoms with E-state index in [-0.39, 0.29) is 30.7 Å². The first-order valence-corrected chi connectivity index (χ1v) is 8.98. The number of fused-ring (bicyclic) bond motifs is 1. The van der Waals surface area contributed by atoms with Gasteiger partial charge in [0.2, 0.25) is 5.91 Å². The Balaban J connectivity index is 2.07. The lowest BCUT2D eigenvalue weighted by Gasteiger charge is -2.13. The molecular weight excluding hydrogens is 370 g/mol. The van der Waals surface area contributed by atoms with Crippen LogP contribution in [-0.2, 0) is 4.79 Å². The van der Waals surface area contributed by atoms with Crippen molar-refractivity contribution in [2.45, 2.75) is 0 Å². The van der Waals surface area contributed by atoms with Gasteiger partial charge >= 0.3 is 0 Å². The van der Waals surface area contributed by atoms with Gasteiger partial charge in [-0.1, -0.05) is 30.8 Å². The topological polar surface area (TPSA) is 101 Å². The minimum Gasteiger partial charge on any atom is -0.495 e. The number of hydrogen-bond acceptors (Lipinski definition) is 5. The molecule has 3 aromatic rings. The number of aliphatic hydroxyl groups is 1. The quantitative estimate of drug-likeness (QED) is 0.538. The minimum atomic E-state index is -0.359. The van der Waals surface area contributed by atoms with Crippen molar-refractivity contribution < 1.29 is 19.4 Å². The van der Waals surface area contributed by atoms with Gasteiger partial charge in [-0.3, -0.25) is 9.59 Å². The number of rotatable bonds is 7. The average molecular weight is 391 g/mol. The molecule has 0 radical (unpaired) electrons. The van der Waals surface area contributed by atoms with Crippen LogP contribution in [0.2, 0.25) is 0 Å². The van der Waals surface area contributed by atoms with Crippen LogP contribution in [0.5, 0.6) is 5.75 Å². The van der Waals surface area contributed by atoms with Gasteiger partial charge in [-0.15, -0.1) is 0 Å². The third kappa shape index (κ3) is 4.41. The Morgan fingerprint density at radius 1 is 1.21 bits per heavy atom. The van der Waals surface area contributed by atoms with Crippen LogP contribution in [0.15, 0.2) is 61.2 Å². The van der Waals surface area contributed by atoms with Gasteiger partial charge in [0.25, 0.3) is 5.91 Å². The molecule has 29 heavy (non-hydrogen) atoms. The number of pyridine rings is 1. The van der Waals surface area contributed by atoms with Gasteiger partial charge in [0, 0.05) is 17.5 Å². The van der Waals surface area contributed by atoms with Gasteiger partial charge in [-0.05, 0) is 35.7 Å². The van der Waals surface area contributed by atoms with Gasteiger partial charge in [0.05, 0.1) is 25.1 Å². The maximum Gasteiger partial charge on any atom is 0.269 e. The van der Waals surface area contributed by atoms with Crippen LogP contribution in [0.3, 0.4) is 0 Å². The smallest absolute Gasteiger partial charge is 0.269 e. The zero-order valence-corrected chi connectivity index (χ0v) is 15.9. The predicted octanol–water partition coefficient (Wildman–Crippen LogP) is 2.76. The molecule has 0 aliphatic heterocycles. The monoisotopic (exact) mass is 391 g/mol.